The molecule has 1 aromatic heterocycles. The molecule has 2 N–H and O–H groups in total. The van der Waals surface area contributed by atoms with Crippen LogP contribution in [0.5, 0.6) is 0 Å². The Labute approximate surface area is 181 Å². The van der Waals surface area contributed by atoms with Crippen molar-refractivity contribution in [2.75, 3.05) is 39.4 Å². The standard InChI is InChI=1S/C22H26ClN3O4/c23-19-6-2-1-5-18(19)20(26-11-14-29-15-12-26)16-25-22(28)9-10-24-21(27)8-7-17-4-3-13-30-17/h1-8,13,20H,9-12,14-16H2,(H,24,27)(H,25,28)/b8-7+. The number of ether oxygens (including phenoxy) is 1. The molecule has 2 heterocycles. The number of hydrogen-bond acceptors (Lipinski definition) is 5. The summed E-state index contributed by atoms with van der Waals surface area (Å²) >= 11 is 6.41. The SMILES string of the molecule is O=C(/C=C/c1ccco1)NCCC(=O)NCC(c1ccccc1Cl)N1CCOCC1. The van der Waals surface area contributed by atoms with Crippen LogP contribution in [0.4, 0.5) is 0 Å². The lowest BCUT2D eigenvalue weighted by Gasteiger charge is -2.35. The Balaban J connectivity index is 1.47. The van der Waals surface area contributed by atoms with E-state index in [4.69, 9.17) is 20.8 Å². The quantitative estimate of drug-likeness (QED) is 0.596. The largest absolute Gasteiger partial charge is 0.465 e. The zero-order chi connectivity index (χ0) is 21.2. The lowest BCUT2D eigenvalue weighted by molar-refractivity contribution is -0.121. The molecular weight excluding hydrogens is 406 g/mol. The molecule has 0 bridgehead atoms. The smallest absolute Gasteiger partial charge is 0.244 e. The molecular formula is C22H26ClN3O4. The Bertz CT molecular complexity index is 848. The van der Waals surface area contributed by atoms with E-state index in [9.17, 15) is 9.59 Å². The third-order valence-corrected chi connectivity index (χ3v) is 5.18. The number of furan rings is 1. The molecule has 1 atom stereocenters. The number of hydrogen-bond donors (Lipinski definition) is 2. The summed E-state index contributed by atoms with van der Waals surface area (Å²) in [5.74, 6) is 0.189. The van der Waals surface area contributed by atoms with Gasteiger partial charge >= 0.3 is 0 Å². The van der Waals surface area contributed by atoms with Crippen molar-refractivity contribution < 1.29 is 18.7 Å². The van der Waals surface area contributed by atoms with Crippen molar-refractivity contribution >= 4 is 29.5 Å². The second-order valence-corrected chi connectivity index (χ2v) is 7.29. The Morgan fingerprint density at radius 1 is 1.13 bits per heavy atom. The van der Waals surface area contributed by atoms with Crippen LogP contribution in [0.1, 0.15) is 23.8 Å². The van der Waals surface area contributed by atoms with Crippen molar-refractivity contribution in [3.8, 4) is 0 Å². The highest BCUT2D eigenvalue weighted by Gasteiger charge is 2.24. The Hall–Kier alpha value is -2.61. The van der Waals surface area contributed by atoms with E-state index in [1.165, 1.54) is 12.3 Å². The zero-order valence-corrected chi connectivity index (χ0v) is 17.4. The van der Waals surface area contributed by atoms with Crippen LogP contribution in [0, 0.1) is 0 Å². The lowest BCUT2D eigenvalue weighted by Crippen LogP contribution is -2.44. The van der Waals surface area contributed by atoms with Crippen LogP contribution >= 0.6 is 11.6 Å². The van der Waals surface area contributed by atoms with Crippen LogP contribution in [0.2, 0.25) is 5.02 Å². The predicted octanol–water partition coefficient (Wildman–Crippen LogP) is 2.64. The van der Waals surface area contributed by atoms with Gasteiger partial charge in [-0.3, -0.25) is 14.5 Å². The molecule has 7 nitrogen and oxygen atoms in total. The Kier molecular flexibility index (Phi) is 8.50. The predicted molar refractivity (Wildman–Crippen MR) is 115 cm³/mol. The van der Waals surface area contributed by atoms with Gasteiger partial charge in [0.1, 0.15) is 5.76 Å². The minimum Gasteiger partial charge on any atom is -0.465 e. The number of rotatable bonds is 9. The monoisotopic (exact) mass is 431 g/mol. The van der Waals surface area contributed by atoms with Gasteiger partial charge in [-0.25, -0.2) is 0 Å². The number of nitrogens with zero attached hydrogens (tertiary/aromatic N) is 1. The van der Waals surface area contributed by atoms with Crippen molar-refractivity contribution in [3.63, 3.8) is 0 Å². The molecule has 0 saturated carbocycles. The molecule has 1 aliphatic heterocycles. The molecule has 1 aliphatic rings. The molecule has 30 heavy (non-hydrogen) atoms. The second kappa shape index (κ2) is 11.5. The van der Waals surface area contributed by atoms with Gasteiger partial charge in [-0.2, -0.15) is 0 Å². The fourth-order valence-corrected chi connectivity index (χ4v) is 3.53. The van der Waals surface area contributed by atoms with E-state index in [1.54, 1.807) is 18.2 Å². The van der Waals surface area contributed by atoms with E-state index < -0.39 is 0 Å². The molecule has 1 fully saturated rings. The summed E-state index contributed by atoms with van der Waals surface area (Å²) in [5, 5.41) is 6.34. The van der Waals surface area contributed by atoms with E-state index in [1.807, 2.05) is 24.3 Å². The van der Waals surface area contributed by atoms with E-state index in [0.717, 1.165) is 18.7 Å². The minimum absolute atomic E-state index is 0.0302. The maximum Gasteiger partial charge on any atom is 0.244 e. The molecule has 0 spiro atoms. The number of carbonyl (C=O) groups is 2. The molecule has 1 unspecified atom stereocenters. The summed E-state index contributed by atoms with van der Waals surface area (Å²) in [5.41, 5.74) is 0.984. The molecule has 1 aromatic carbocycles. The average Bonchev–Trinajstić information content (AvgIpc) is 3.28. The van der Waals surface area contributed by atoms with Crippen LogP contribution in [0.15, 0.2) is 53.2 Å². The Morgan fingerprint density at radius 3 is 2.67 bits per heavy atom. The highest BCUT2D eigenvalue weighted by atomic mass is 35.5. The number of halogens is 1. The molecule has 1 saturated heterocycles. The minimum atomic E-state index is -0.276. The zero-order valence-electron chi connectivity index (χ0n) is 16.7. The third kappa shape index (κ3) is 6.73. The normalized spacial score (nSPS) is 15.8. The number of amides is 2. The molecule has 8 heteroatoms. The summed E-state index contributed by atoms with van der Waals surface area (Å²) in [6.45, 7) is 3.57. The van der Waals surface area contributed by atoms with Gasteiger partial charge in [0.15, 0.2) is 0 Å². The van der Waals surface area contributed by atoms with Crippen LogP contribution in [-0.4, -0.2) is 56.1 Å². The fourth-order valence-electron chi connectivity index (χ4n) is 3.27. The van der Waals surface area contributed by atoms with Gasteiger partial charge in [-0.05, 0) is 29.8 Å². The van der Waals surface area contributed by atoms with Crippen LogP contribution < -0.4 is 10.6 Å². The van der Waals surface area contributed by atoms with E-state index >= 15 is 0 Å². The topological polar surface area (TPSA) is 83.8 Å². The summed E-state index contributed by atoms with van der Waals surface area (Å²) in [6.07, 6.45) is 4.68. The molecule has 160 valence electrons. The first-order valence-electron chi connectivity index (χ1n) is 9.96. The van der Waals surface area contributed by atoms with Gasteiger partial charge in [0.2, 0.25) is 11.8 Å². The van der Waals surface area contributed by atoms with Gasteiger partial charge < -0.3 is 19.8 Å². The van der Waals surface area contributed by atoms with Crippen LogP contribution in [0.25, 0.3) is 6.08 Å². The van der Waals surface area contributed by atoms with E-state index in [0.29, 0.717) is 30.5 Å². The highest BCUT2D eigenvalue weighted by molar-refractivity contribution is 6.31. The van der Waals surface area contributed by atoms with E-state index in [2.05, 4.69) is 15.5 Å². The average molecular weight is 432 g/mol. The first-order valence-corrected chi connectivity index (χ1v) is 10.3. The fraction of sp³-hybridized carbons (Fsp3) is 0.364. The Morgan fingerprint density at radius 2 is 1.93 bits per heavy atom. The van der Waals surface area contributed by atoms with E-state index in [-0.39, 0.29) is 30.8 Å². The van der Waals surface area contributed by atoms with Crippen molar-refractivity contribution in [2.45, 2.75) is 12.5 Å². The summed E-state index contributed by atoms with van der Waals surface area (Å²) in [4.78, 5) is 26.4. The first kappa shape index (κ1) is 22.1. The summed E-state index contributed by atoms with van der Waals surface area (Å²) < 4.78 is 10.6. The number of carbonyl (C=O) groups excluding carboxylic acids is 2. The highest BCUT2D eigenvalue weighted by Crippen LogP contribution is 2.27. The maximum atomic E-state index is 12.3. The molecule has 3 rings (SSSR count). The number of nitrogens with one attached hydrogen (secondary N) is 2. The van der Waals surface area contributed by atoms with Crippen LogP contribution in [0.3, 0.4) is 0 Å². The molecule has 0 radical (unpaired) electrons. The van der Waals surface area contributed by atoms with Crippen molar-refractivity contribution in [2.24, 2.45) is 0 Å². The van der Waals surface area contributed by atoms with Gasteiger partial charge in [-0.1, -0.05) is 29.8 Å². The third-order valence-electron chi connectivity index (χ3n) is 4.84. The van der Waals surface area contributed by atoms with Gasteiger partial charge in [0.05, 0.1) is 25.5 Å². The van der Waals surface area contributed by atoms with Crippen molar-refractivity contribution in [1.82, 2.24) is 15.5 Å². The van der Waals surface area contributed by atoms with Crippen LogP contribution in [-0.2, 0) is 14.3 Å². The van der Waals surface area contributed by atoms with Crippen molar-refractivity contribution in [1.29, 1.82) is 0 Å². The van der Waals surface area contributed by atoms with Crippen molar-refractivity contribution in [3.05, 3.63) is 65.1 Å². The number of benzene rings is 1. The summed E-state index contributed by atoms with van der Waals surface area (Å²) in [7, 11) is 0. The lowest BCUT2D eigenvalue weighted by atomic mass is 10.0. The molecule has 2 aromatic rings. The van der Waals surface area contributed by atoms with Gasteiger partial charge in [-0.15, -0.1) is 0 Å². The molecule has 0 aliphatic carbocycles. The maximum absolute atomic E-state index is 12.3. The number of morpholine rings is 1. The molecule has 2 amide bonds. The second-order valence-electron chi connectivity index (χ2n) is 6.88. The van der Waals surface area contributed by atoms with Gasteiger partial charge in [0, 0.05) is 43.7 Å². The first-order chi connectivity index (χ1) is 14.6. The summed E-state index contributed by atoms with van der Waals surface area (Å²) in [6, 6.07) is 11.2. The van der Waals surface area contributed by atoms with Gasteiger partial charge in [0.25, 0.3) is 0 Å².